The first kappa shape index (κ1) is 35.9. The molecule has 2 nitrogen and oxygen atoms in total. The Morgan fingerprint density at radius 1 is 0.413 bits per heavy atom. The van der Waals surface area contributed by atoms with Crippen molar-refractivity contribution in [3.8, 4) is 39.1 Å². The fraction of sp³-hybridized carbons (Fsp3) is 0.213. The minimum absolute atomic E-state index is 0.0979. The summed E-state index contributed by atoms with van der Waals surface area (Å²) >= 11 is 0. The van der Waals surface area contributed by atoms with Gasteiger partial charge < -0.3 is 9.47 Å². The first-order valence-electron chi connectivity index (χ1n) is 23.4. The van der Waals surface area contributed by atoms with Crippen molar-refractivity contribution >= 4 is 38.9 Å². The highest BCUT2D eigenvalue weighted by molar-refractivity contribution is 6.09. The zero-order valence-electron chi connectivity index (χ0n) is 36.1. The minimum atomic E-state index is -0.0979. The van der Waals surface area contributed by atoms with Gasteiger partial charge in [-0.25, -0.2) is 0 Å². The van der Waals surface area contributed by atoms with Gasteiger partial charge in [0.1, 0.15) is 0 Å². The number of aromatic nitrogens is 1. The van der Waals surface area contributed by atoms with E-state index in [4.69, 9.17) is 0 Å². The molecule has 4 fully saturated rings. The van der Waals surface area contributed by atoms with E-state index in [-0.39, 0.29) is 10.8 Å². The van der Waals surface area contributed by atoms with E-state index in [2.05, 4.69) is 205 Å². The Labute approximate surface area is 370 Å². The monoisotopic (exact) mass is 810 g/mol. The van der Waals surface area contributed by atoms with E-state index >= 15 is 0 Å². The van der Waals surface area contributed by atoms with Gasteiger partial charge in [-0.15, -0.1) is 0 Å². The first-order valence-corrected chi connectivity index (χ1v) is 23.4. The van der Waals surface area contributed by atoms with E-state index in [1.807, 2.05) is 0 Å². The molecule has 15 rings (SSSR count). The molecule has 0 radical (unpaired) electrons. The molecule has 304 valence electrons. The lowest BCUT2D eigenvalue weighted by Gasteiger charge is -2.61. The summed E-state index contributed by atoms with van der Waals surface area (Å²) in [5, 5.41) is 2.56. The largest absolute Gasteiger partial charge is 0.310 e. The lowest BCUT2D eigenvalue weighted by atomic mass is 9.43. The summed E-state index contributed by atoms with van der Waals surface area (Å²) in [6.45, 7) is 4.75. The van der Waals surface area contributed by atoms with Crippen molar-refractivity contribution in [3.05, 3.63) is 204 Å². The van der Waals surface area contributed by atoms with Crippen molar-refractivity contribution in [2.24, 2.45) is 23.7 Å². The van der Waals surface area contributed by atoms with E-state index in [0.29, 0.717) is 0 Å². The van der Waals surface area contributed by atoms with Crippen molar-refractivity contribution in [2.75, 3.05) is 4.90 Å². The van der Waals surface area contributed by atoms with Gasteiger partial charge in [0.05, 0.1) is 11.0 Å². The van der Waals surface area contributed by atoms with E-state index in [0.717, 1.165) is 40.7 Å². The predicted octanol–water partition coefficient (Wildman–Crippen LogP) is 15.9. The molecule has 1 aromatic heterocycles. The van der Waals surface area contributed by atoms with Crippen LogP contribution in [0.4, 0.5) is 17.1 Å². The van der Waals surface area contributed by atoms with Gasteiger partial charge in [0.2, 0.25) is 0 Å². The van der Waals surface area contributed by atoms with Gasteiger partial charge in [0.25, 0.3) is 0 Å². The topological polar surface area (TPSA) is 8.17 Å². The Hall–Kier alpha value is -6.64. The molecule has 0 atom stereocenters. The molecule has 9 aromatic rings. The highest BCUT2D eigenvalue weighted by Crippen LogP contribution is 2.69. The second kappa shape index (κ2) is 13.0. The number of para-hydroxylation sites is 2. The van der Waals surface area contributed by atoms with Crippen LogP contribution in [0.5, 0.6) is 0 Å². The SMILES string of the molecule is CC1(C)c2ccccc2-c2ccc(N(c3ccc(-c4ccc5c(c4)-c4ccccc4C54C5CC6CC(C5)CC4C6)cc3)c3ccc(-n4c5ccccc5c5ccccc54)cc3)cc21. The summed E-state index contributed by atoms with van der Waals surface area (Å²) in [4.78, 5) is 2.45. The standard InChI is InChI=1S/C61H50N2/c1-60(2)54-15-7-3-11-48(54)50-29-28-47(37-57(50)60)62(45-24-26-46(27-25-45)63-58-17-9-5-13-51(58)52-14-6-10-18-59(52)63)44-22-19-40(20-23-44)41-21-30-56-53(36-41)49-12-4-8-16-55(49)61(56)42-32-38-31-39(34-42)35-43(61)33-38/h3-30,36-39,42-43H,31-35H2,1-2H3. The maximum atomic E-state index is 2.55. The van der Waals surface area contributed by atoms with E-state index < -0.39 is 0 Å². The zero-order chi connectivity index (χ0) is 41.6. The average Bonchev–Trinajstić information content (AvgIpc) is 3.90. The van der Waals surface area contributed by atoms with Gasteiger partial charge in [-0.1, -0.05) is 129 Å². The second-order valence-corrected chi connectivity index (χ2v) is 20.1. The Morgan fingerprint density at radius 3 is 1.59 bits per heavy atom. The van der Waals surface area contributed by atoms with Gasteiger partial charge >= 0.3 is 0 Å². The molecule has 0 aliphatic heterocycles. The van der Waals surface area contributed by atoms with Crippen LogP contribution in [0.3, 0.4) is 0 Å². The first-order chi connectivity index (χ1) is 30.9. The Bertz CT molecular complexity index is 3240. The van der Waals surface area contributed by atoms with Gasteiger partial charge in [-0.05, 0) is 178 Å². The lowest BCUT2D eigenvalue weighted by Crippen LogP contribution is -2.55. The zero-order valence-corrected chi connectivity index (χ0v) is 36.1. The smallest absolute Gasteiger partial charge is 0.0541 e. The van der Waals surface area contributed by atoms with Crippen LogP contribution in [-0.4, -0.2) is 4.57 Å². The Balaban J connectivity index is 0.873. The van der Waals surface area contributed by atoms with Crippen LogP contribution in [0.15, 0.2) is 182 Å². The maximum absolute atomic E-state index is 2.55. The minimum Gasteiger partial charge on any atom is -0.310 e. The number of rotatable bonds is 5. The fourth-order valence-corrected chi connectivity index (χ4v) is 14.4. The summed E-state index contributed by atoms with van der Waals surface area (Å²) < 4.78 is 2.41. The summed E-state index contributed by atoms with van der Waals surface area (Å²) in [7, 11) is 0. The van der Waals surface area contributed by atoms with E-state index in [1.165, 1.54) is 104 Å². The van der Waals surface area contributed by atoms with E-state index in [9.17, 15) is 0 Å². The molecule has 0 amide bonds. The van der Waals surface area contributed by atoms with Crippen molar-refractivity contribution < 1.29 is 0 Å². The van der Waals surface area contributed by atoms with Crippen LogP contribution in [0, 0.1) is 23.7 Å². The number of anilines is 3. The number of fused-ring (bicyclic) bond motifs is 9. The molecule has 0 unspecified atom stereocenters. The second-order valence-electron chi connectivity index (χ2n) is 20.1. The van der Waals surface area contributed by atoms with E-state index in [1.54, 1.807) is 11.1 Å². The third kappa shape index (κ3) is 4.90. The van der Waals surface area contributed by atoms with Gasteiger partial charge in [0, 0.05) is 44.4 Å². The average molecular weight is 811 g/mol. The highest BCUT2D eigenvalue weighted by Gasteiger charge is 2.61. The summed E-state index contributed by atoms with van der Waals surface area (Å²) in [6, 6.07) is 69.2. The van der Waals surface area contributed by atoms with Gasteiger partial charge in [-0.2, -0.15) is 0 Å². The molecule has 8 aromatic carbocycles. The fourth-order valence-electron chi connectivity index (χ4n) is 14.4. The summed E-state index contributed by atoms with van der Waals surface area (Å²) in [6.07, 6.45) is 7.14. The molecule has 0 saturated heterocycles. The number of nitrogens with zero attached hydrogens (tertiary/aromatic N) is 2. The third-order valence-corrected chi connectivity index (χ3v) is 16.8. The maximum Gasteiger partial charge on any atom is 0.0541 e. The summed E-state index contributed by atoms with van der Waals surface area (Å²) in [5.41, 5.74) is 21.4. The lowest BCUT2D eigenvalue weighted by molar-refractivity contribution is -0.0399. The molecule has 0 N–H and O–H groups in total. The van der Waals surface area contributed by atoms with Crippen molar-refractivity contribution in [2.45, 2.75) is 56.8 Å². The molecule has 1 heterocycles. The van der Waals surface area contributed by atoms with Crippen LogP contribution in [0.25, 0.3) is 60.9 Å². The summed E-state index contributed by atoms with van der Waals surface area (Å²) in [5.74, 6) is 3.46. The van der Waals surface area contributed by atoms with Crippen molar-refractivity contribution in [1.29, 1.82) is 0 Å². The van der Waals surface area contributed by atoms with Gasteiger partial charge in [0.15, 0.2) is 0 Å². The molecule has 2 heteroatoms. The Morgan fingerprint density at radius 2 is 0.921 bits per heavy atom. The van der Waals surface area contributed by atoms with Crippen molar-refractivity contribution in [3.63, 3.8) is 0 Å². The molecule has 6 aliphatic carbocycles. The third-order valence-electron chi connectivity index (χ3n) is 16.8. The number of hydrogen-bond acceptors (Lipinski definition) is 1. The molecule has 4 saturated carbocycles. The van der Waals surface area contributed by atoms with Crippen LogP contribution < -0.4 is 4.90 Å². The number of hydrogen-bond donors (Lipinski definition) is 0. The molecule has 6 aliphatic rings. The normalized spacial score (nSPS) is 23.0. The van der Waals surface area contributed by atoms with Crippen molar-refractivity contribution in [1.82, 2.24) is 4.57 Å². The number of benzene rings is 8. The van der Waals surface area contributed by atoms with Gasteiger partial charge in [-0.3, -0.25) is 0 Å². The highest BCUT2D eigenvalue weighted by atomic mass is 15.1. The molecule has 63 heavy (non-hydrogen) atoms. The van der Waals surface area contributed by atoms with Crippen LogP contribution >= 0.6 is 0 Å². The molecular weight excluding hydrogens is 761 g/mol. The molecule has 1 spiro atoms. The molecular formula is C61H50N2. The van der Waals surface area contributed by atoms with Crippen LogP contribution in [0.1, 0.15) is 68.2 Å². The van der Waals surface area contributed by atoms with Crippen LogP contribution in [-0.2, 0) is 10.8 Å². The molecule has 4 bridgehead atoms. The predicted molar refractivity (Wildman–Crippen MR) is 262 cm³/mol. The Kier molecular flexibility index (Phi) is 7.38. The van der Waals surface area contributed by atoms with Crippen LogP contribution in [0.2, 0.25) is 0 Å². The quantitative estimate of drug-likeness (QED) is 0.168.